The molecule has 0 atom stereocenters. The summed E-state index contributed by atoms with van der Waals surface area (Å²) in [6.45, 7) is 6.56. The molecule has 0 amide bonds. The number of aromatic nitrogens is 2. The number of anilines is 2. The zero-order valence-electron chi connectivity index (χ0n) is 12.0. The molecule has 2 N–H and O–H groups in total. The number of ether oxygens (including phenoxy) is 1. The fraction of sp³-hybridized carbons (Fsp3) is 0.692. The number of rotatable bonds is 7. The molecule has 0 saturated carbocycles. The van der Waals surface area contributed by atoms with Crippen molar-refractivity contribution in [2.75, 3.05) is 24.8 Å². The molecule has 5 heteroatoms. The van der Waals surface area contributed by atoms with Gasteiger partial charge in [-0.3, -0.25) is 0 Å². The van der Waals surface area contributed by atoms with E-state index in [1.54, 1.807) is 13.4 Å². The van der Waals surface area contributed by atoms with Gasteiger partial charge in [0.05, 0.1) is 7.11 Å². The van der Waals surface area contributed by atoms with E-state index in [0.29, 0.717) is 11.6 Å². The highest BCUT2D eigenvalue weighted by atomic mass is 16.5. The lowest BCUT2D eigenvalue weighted by molar-refractivity contribution is 0.397. The summed E-state index contributed by atoms with van der Waals surface area (Å²) >= 11 is 0. The average molecular weight is 252 g/mol. The van der Waals surface area contributed by atoms with E-state index in [4.69, 9.17) is 4.74 Å². The zero-order chi connectivity index (χ0) is 13.6. The number of hydrogen-bond donors (Lipinski definition) is 2. The summed E-state index contributed by atoms with van der Waals surface area (Å²) in [6, 6.07) is 0. The van der Waals surface area contributed by atoms with Gasteiger partial charge in [-0.2, -0.15) is 0 Å². The van der Waals surface area contributed by atoms with Gasteiger partial charge in [0.25, 0.3) is 0 Å². The van der Waals surface area contributed by atoms with E-state index < -0.39 is 0 Å². The third kappa shape index (κ3) is 2.83. The molecule has 0 unspecified atom stereocenters. The largest absolute Gasteiger partial charge is 0.490 e. The Morgan fingerprint density at radius 2 is 1.67 bits per heavy atom. The van der Waals surface area contributed by atoms with E-state index in [9.17, 15) is 0 Å². The second-order valence-electron chi connectivity index (χ2n) is 4.32. The first-order valence-corrected chi connectivity index (χ1v) is 6.51. The maximum Gasteiger partial charge on any atom is 0.204 e. The van der Waals surface area contributed by atoms with Gasteiger partial charge < -0.3 is 15.4 Å². The van der Waals surface area contributed by atoms with E-state index in [2.05, 4.69) is 41.4 Å². The Bertz CT molecular complexity index is 369. The van der Waals surface area contributed by atoms with E-state index in [0.717, 1.165) is 25.1 Å². The first-order chi connectivity index (χ1) is 8.66. The second kappa shape index (κ2) is 6.42. The highest BCUT2D eigenvalue weighted by Crippen LogP contribution is 2.33. The molecule has 0 bridgehead atoms. The van der Waals surface area contributed by atoms with Gasteiger partial charge in [0.15, 0.2) is 11.6 Å². The van der Waals surface area contributed by atoms with Gasteiger partial charge in [-0.1, -0.05) is 20.8 Å². The Morgan fingerprint density at radius 1 is 1.11 bits per heavy atom. The Morgan fingerprint density at radius 3 is 2.11 bits per heavy atom. The van der Waals surface area contributed by atoms with Crippen molar-refractivity contribution < 1.29 is 4.74 Å². The Balaban J connectivity index is 3.09. The molecule has 0 fully saturated rings. The molecular formula is C13H24N4O. The molecule has 0 spiro atoms. The predicted molar refractivity (Wildman–Crippen MR) is 75.4 cm³/mol. The first kappa shape index (κ1) is 14.5. The van der Waals surface area contributed by atoms with Gasteiger partial charge in [-0.15, -0.1) is 0 Å². The molecule has 0 saturated heterocycles. The number of methoxy groups -OCH3 is 1. The molecule has 1 heterocycles. The number of nitrogens with zero attached hydrogens (tertiary/aromatic N) is 2. The molecular weight excluding hydrogens is 228 g/mol. The number of nitrogens with one attached hydrogen (secondary N) is 2. The highest BCUT2D eigenvalue weighted by molar-refractivity contribution is 5.64. The van der Waals surface area contributed by atoms with Crippen molar-refractivity contribution in [3.8, 4) is 5.75 Å². The minimum Gasteiger partial charge on any atom is -0.490 e. The molecule has 1 rings (SSSR count). The van der Waals surface area contributed by atoms with Crippen LogP contribution < -0.4 is 15.4 Å². The van der Waals surface area contributed by atoms with Crippen LogP contribution in [0.25, 0.3) is 0 Å². The molecule has 1 aromatic rings. The average Bonchev–Trinajstić information content (AvgIpc) is 2.44. The highest BCUT2D eigenvalue weighted by Gasteiger charge is 2.26. The Labute approximate surface area is 109 Å². The third-order valence-electron chi connectivity index (χ3n) is 3.66. The SMILES string of the molecule is CCC(CC)(CC)Nc1ncnc(NC)c1OC. The second-order valence-corrected chi connectivity index (χ2v) is 4.32. The monoisotopic (exact) mass is 252 g/mol. The number of hydrogen-bond acceptors (Lipinski definition) is 5. The van der Waals surface area contributed by atoms with E-state index in [-0.39, 0.29) is 5.54 Å². The van der Waals surface area contributed by atoms with Crippen LogP contribution in [0.4, 0.5) is 11.6 Å². The Hall–Kier alpha value is -1.52. The van der Waals surface area contributed by atoms with Gasteiger partial charge in [0.2, 0.25) is 5.75 Å². The summed E-state index contributed by atoms with van der Waals surface area (Å²) in [6.07, 6.45) is 4.68. The van der Waals surface area contributed by atoms with Crippen LogP contribution in [0.5, 0.6) is 5.75 Å². The van der Waals surface area contributed by atoms with E-state index >= 15 is 0 Å². The maximum absolute atomic E-state index is 5.40. The summed E-state index contributed by atoms with van der Waals surface area (Å²) in [7, 11) is 3.46. The van der Waals surface area contributed by atoms with Crippen molar-refractivity contribution in [1.82, 2.24) is 9.97 Å². The van der Waals surface area contributed by atoms with E-state index in [1.807, 2.05) is 7.05 Å². The van der Waals surface area contributed by atoms with Crippen LogP contribution in [0.1, 0.15) is 40.0 Å². The van der Waals surface area contributed by atoms with E-state index in [1.165, 1.54) is 0 Å². The van der Waals surface area contributed by atoms with Crippen LogP contribution in [0.2, 0.25) is 0 Å². The minimum atomic E-state index is 0.0621. The lowest BCUT2D eigenvalue weighted by Crippen LogP contribution is -2.36. The Kier molecular flexibility index (Phi) is 5.19. The lowest BCUT2D eigenvalue weighted by Gasteiger charge is -2.33. The predicted octanol–water partition coefficient (Wildman–Crippen LogP) is 2.91. The first-order valence-electron chi connectivity index (χ1n) is 6.51. The summed E-state index contributed by atoms with van der Waals surface area (Å²) in [4.78, 5) is 8.45. The summed E-state index contributed by atoms with van der Waals surface area (Å²) < 4.78 is 5.40. The fourth-order valence-corrected chi connectivity index (χ4v) is 2.10. The van der Waals surface area contributed by atoms with Crippen molar-refractivity contribution >= 4 is 11.6 Å². The van der Waals surface area contributed by atoms with Gasteiger partial charge >= 0.3 is 0 Å². The molecule has 1 aromatic heterocycles. The van der Waals surface area contributed by atoms with Crippen LogP contribution in [0.15, 0.2) is 6.33 Å². The van der Waals surface area contributed by atoms with Crippen LogP contribution in [0, 0.1) is 0 Å². The molecule has 0 aliphatic rings. The van der Waals surface area contributed by atoms with Gasteiger partial charge in [0.1, 0.15) is 6.33 Å². The fourth-order valence-electron chi connectivity index (χ4n) is 2.10. The molecule has 0 aliphatic heterocycles. The van der Waals surface area contributed by atoms with Crippen molar-refractivity contribution in [2.45, 2.75) is 45.6 Å². The summed E-state index contributed by atoms with van der Waals surface area (Å²) in [5.74, 6) is 2.12. The van der Waals surface area contributed by atoms with Gasteiger partial charge in [-0.25, -0.2) is 9.97 Å². The molecule has 0 radical (unpaired) electrons. The quantitative estimate of drug-likeness (QED) is 0.781. The standard InChI is InChI=1S/C13H24N4O/c1-6-13(7-2,8-3)17-12-10(18-5)11(14-4)15-9-16-12/h9H,6-8H2,1-5H3,(H2,14,15,16,17). The van der Waals surface area contributed by atoms with Gasteiger partial charge in [-0.05, 0) is 19.3 Å². The van der Waals surface area contributed by atoms with Crippen LogP contribution in [0.3, 0.4) is 0 Å². The summed E-state index contributed by atoms with van der Waals surface area (Å²) in [5.41, 5.74) is 0.0621. The normalized spacial score (nSPS) is 11.2. The smallest absolute Gasteiger partial charge is 0.204 e. The third-order valence-corrected chi connectivity index (χ3v) is 3.66. The van der Waals surface area contributed by atoms with Crippen LogP contribution >= 0.6 is 0 Å². The van der Waals surface area contributed by atoms with Crippen molar-refractivity contribution in [3.05, 3.63) is 6.33 Å². The minimum absolute atomic E-state index is 0.0621. The molecule has 0 aromatic carbocycles. The topological polar surface area (TPSA) is 59.1 Å². The maximum atomic E-state index is 5.40. The summed E-state index contributed by atoms with van der Waals surface area (Å²) in [5, 5.41) is 6.53. The van der Waals surface area contributed by atoms with Crippen molar-refractivity contribution in [3.63, 3.8) is 0 Å². The molecule has 5 nitrogen and oxygen atoms in total. The van der Waals surface area contributed by atoms with Crippen LogP contribution in [-0.4, -0.2) is 29.7 Å². The lowest BCUT2D eigenvalue weighted by atomic mass is 9.90. The molecule has 0 aliphatic carbocycles. The van der Waals surface area contributed by atoms with Crippen molar-refractivity contribution in [2.24, 2.45) is 0 Å². The molecule has 102 valence electrons. The van der Waals surface area contributed by atoms with Gasteiger partial charge in [0, 0.05) is 12.6 Å². The zero-order valence-corrected chi connectivity index (χ0v) is 12.0. The van der Waals surface area contributed by atoms with Crippen LogP contribution in [-0.2, 0) is 0 Å². The molecule has 18 heavy (non-hydrogen) atoms. The van der Waals surface area contributed by atoms with Crippen molar-refractivity contribution in [1.29, 1.82) is 0 Å².